The van der Waals surface area contributed by atoms with Gasteiger partial charge in [0.15, 0.2) is 0 Å². The quantitative estimate of drug-likeness (QED) is 0.0215. The Balaban J connectivity index is 0.000000185. The molecule has 0 bridgehead atoms. The molecule has 85 heavy (non-hydrogen) atoms. The number of aliphatic hydroxyl groups excluding tert-OH is 1. The molecule has 0 saturated carbocycles. The van der Waals surface area contributed by atoms with Gasteiger partial charge in [-0.15, -0.1) is 0 Å². The highest BCUT2D eigenvalue weighted by atomic mass is 79.9. The molecule has 0 saturated heterocycles. The van der Waals surface area contributed by atoms with Gasteiger partial charge in [0.05, 0.1) is 37.5 Å². The SMILES string of the molecule is Fc1ccc(C(OCCBr)c2ccc(F)cc2)cc1.NCCOC(c1ccc(F)cc1)c1ccc(F)cc1.NN.O=C1c2ccccc2C(=O)N1CCOC(c1ccc(F)cc1)c1ccc(F)cc1.OC(c1ccc(F)cc1)c1ccc(F)cc1. The van der Waals surface area contributed by atoms with Gasteiger partial charge in [-0.3, -0.25) is 26.2 Å². The van der Waals surface area contributed by atoms with E-state index in [0.29, 0.717) is 58.5 Å². The summed E-state index contributed by atoms with van der Waals surface area (Å²) in [6.45, 7) is 1.42. The van der Waals surface area contributed by atoms with Crippen LogP contribution in [-0.4, -0.2) is 60.1 Å². The van der Waals surface area contributed by atoms with Crippen molar-refractivity contribution in [3.63, 3.8) is 0 Å². The predicted molar refractivity (Wildman–Crippen MR) is 312 cm³/mol. The van der Waals surface area contributed by atoms with Crippen LogP contribution in [0.3, 0.4) is 0 Å². The van der Waals surface area contributed by atoms with Gasteiger partial charge in [0, 0.05) is 11.9 Å². The number of fused-ring (bicyclic) bond motifs is 1. The lowest BCUT2D eigenvalue weighted by Crippen LogP contribution is -2.33. The number of benzene rings is 9. The maximum absolute atomic E-state index is 13.3. The van der Waals surface area contributed by atoms with E-state index in [2.05, 4.69) is 27.6 Å². The third-order valence-electron chi connectivity index (χ3n) is 12.6. The minimum atomic E-state index is -0.860. The van der Waals surface area contributed by atoms with E-state index in [1.54, 1.807) is 97.1 Å². The first-order valence-corrected chi connectivity index (χ1v) is 27.4. The number of ether oxygens (including phenoxy) is 3. The molecule has 1 aliphatic heterocycles. The lowest BCUT2D eigenvalue weighted by atomic mass is 10.0. The molecule has 0 spiro atoms. The van der Waals surface area contributed by atoms with Crippen LogP contribution in [0.4, 0.5) is 35.1 Å². The standard InChI is InChI=1S/C23H17F2NO3.C15H13BrF2O.C15H15F2NO.C13H10F2O.H4N2/c24-17-9-5-15(6-10-17)21(16-7-11-18(25)12-8-16)29-14-13-26-22(27)19-3-1-2-4-20(19)23(26)28;16-9-10-19-15(11-1-5-13(17)6-2-11)12-3-7-14(18)8-4-12;16-13-5-1-11(2-6-13)15(19-10-9-18)12-3-7-14(17)8-4-12;14-11-5-1-9(2-6-11)13(16)10-3-7-12(15)8-4-10;1-2/h1-12,21H,13-14H2;1-8,15H,9-10H2;1-8,15H,9-10,18H2;1-8,13,16H;1-2H2. The van der Waals surface area contributed by atoms with Crippen molar-refractivity contribution < 1.29 is 64.0 Å². The second-order valence-electron chi connectivity index (χ2n) is 18.4. The van der Waals surface area contributed by atoms with E-state index < -0.39 is 12.2 Å². The normalized spacial score (nSPS) is 11.5. The number of carbonyl (C=O) groups excluding carboxylic acids is 2. The molecule has 0 aromatic heterocycles. The molecule has 0 fully saturated rings. The summed E-state index contributed by atoms with van der Waals surface area (Å²) in [6.07, 6.45) is -2.14. The van der Waals surface area contributed by atoms with Crippen molar-refractivity contribution in [1.82, 2.24) is 4.90 Å². The Hall–Kier alpha value is -8.24. The molecule has 2 amide bonds. The largest absolute Gasteiger partial charge is 0.384 e. The number of halogens is 9. The van der Waals surface area contributed by atoms with Crippen LogP contribution in [0.5, 0.6) is 0 Å². The molecule has 1 heterocycles. The van der Waals surface area contributed by atoms with Crippen molar-refractivity contribution in [3.8, 4) is 0 Å². The summed E-state index contributed by atoms with van der Waals surface area (Å²) >= 11 is 3.30. The van der Waals surface area contributed by atoms with Gasteiger partial charge in [0.2, 0.25) is 0 Å². The van der Waals surface area contributed by atoms with E-state index in [-0.39, 0.29) is 83.7 Å². The van der Waals surface area contributed by atoms with Crippen LogP contribution in [0.25, 0.3) is 0 Å². The van der Waals surface area contributed by atoms with Crippen LogP contribution < -0.4 is 17.4 Å². The van der Waals surface area contributed by atoms with E-state index in [4.69, 9.17) is 19.9 Å². The predicted octanol–water partition coefficient (Wildman–Crippen LogP) is 13.7. The summed E-state index contributed by atoms with van der Waals surface area (Å²) in [6, 6.07) is 53.8. The average molecular weight is 1240 g/mol. The number of alkyl halides is 1. The van der Waals surface area contributed by atoms with Gasteiger partial charge in [0.1, 0.15) is 71.0 Å². The zero-order valence-electron chi connectivity index (χ0n) is 45.4. The molecule has 442 valence electrons. The van der Waals surface area contributed by atoms with E-state index in [1.807, 2.05) is 0 Å². The summed E-state index contributed by atoms with van der Waals surface area (Å²) in [5.41, 5.74) is 12.0. The first-order chi connectivity index (χ1) is 41.1. The third kappa shape index (κ3) is 19.7. The number of imide groups is 1. The van der Waals surface area contributed by atoms with Crippen molar-refractivity contribution in [2.24, 2.45) is 17.4 Å². The Bertz CT molecular complexity index is 3130. The smallest absolute Gasteiger partial charge is 0.261 e. The lowest BCUT2D eigenvalue weighted by molar-refractivity contribution is 0.0452. The van der Waals surface area contributed by atoms with E-state index in [9.17, 15) is 49.8 Å². The summed E-state index contributed by atoms with van der Waals surface area (Å²) in [5, 5.41) is 10.6. The second kappa shape index (κ2) is 33.9. The number of rotatable bonds is 18. The Morgan fingerprint density at radius 2 is 0.588 bits per heavy atom. The van der Waals surface area contributed by atoms with Crippen molar-refractivity contribution in [2.75, 3.05) is 38.2 Å². The van der Waals surface area contributed by atoms with Crippen molar-refractivity contribution in [3.05, 3.63) is 321 Å². The fraction of sp³-hybridized carbons (Fsp3) is 0.152. The molecule has 10 nitrogen and oxygen atoms in total. The molecule has 0 radical (unpaired) electrons. The van der Waals surface area contributed by atoms with Gasteiger partial charge < -0.3 is 25.1 Å². The molecule has 0 unspecified atom stereocenters. The van der Waals surface area contributed by atoms with Crippen molar-refractivity contribution >= 4 is 27.7 Å². The molecule has 0 aliphatic carbocycles. The van der Waals surface area contributed by atoms with Gasteiger partial charge in [-0.25, -0.2) is 35.1 Å². The van der Waals surface area contributed by atoms with Crippen LogP contribution in [0.15, 0.2) is 218 Å². The summed E-state index contributed by atoms with van der Waals surface area (Å²) in [4.78, 5) is 26.1. The fourth-order valence-electron chi connectivity index (χ4n) is 8.52. The van der Waals surface area contributed by atoms with Gasteiger partial charge in [0.25, 0.3) is 11.8 Å². The summed E-state index contributed by atoms with van der Waals surface area (Å²) in [5.74, 6) is 4.65. The summed E-state index contributed by atoms with van der Waals surface area (Å²) < 4.78 is 121. The zero-order valence-corrected chi connectivity index (χ0v) is 47.0. The molecule has 19 heteroatoms. The van der Waals surface area contributed by atoms with Crippen LogP contribution in [-0.2, 0) is 14.2 Å². The van der Waals surface area contributed by atoms with E-state index >= 15 is 0 Å². The van der Waals surface area contributed by atoms with Crippen LogP contribution in [0.1, 0.15) is 89.6 Å². The highest BCUT2D eigenvalue weighted by molar-refractivity contribution is 9.09. The molecule has 1 aliphatic rings. The molecule has 0 atom stereocenters. The van der Waals surface area contributed by atoms with Crippen LogP contribution in [0.2, 0.25) is 0 Å². The number of hydrogen-bond acceptors (Lipinski definition) is 9. The Morgan fingerprint density at radius 3 is 0.824 bits per heavy atom. The first-order valence-electron chi connectivity index (χ1n) is 26.2. The Labute approximate surface area is 495 Å². The van der Waals surface area contributed by atoms with E-state index in [0.717, 1.165) is 27.2 Å². The molecule has 10 rings (SSSR count). The Morgan fingerprint density at radius 1 is 0.365 bits per heavy atom. The number of amides is 2. The maximum Gasteiger partial charge on any atom is 0.261 e. The maximum atomic E-state index is 13.3. The summed E-state index contributed by atoms with van der Waals surface area (Å²) in [7, 11) is 0. The topological polar surface area (TPSA) is 163 Å². The van der Waals surface area contributed by atoms with Gasteiger partial charge in [-0.2, -0.15) is 0 Å². The number of carbonyl (C=O) groups is 2. The Kier molecular flexibility index (Phi) is 26.3. The fourth-order valence-corrected chi connectivity index (χ4v) is 8.70. The number of hydrogen-bond donors (Lipinski definition) is 4. The highest BCUT2D eigenvalue weighted by Gasteiger charge is 2.35. The van der Waals surface area contributed by atoms with Crippen molar-refractivity contribution in [1.29, 1.82) is 0 Å². The highest BCUT2D eigenvalue weighted by Crippen LogP contribution is 2.31. The average Bonchev–Trinajstić information content (AvgIpc) is 2.94. The lowest BCUT2D eigenvalue weighted by Gasteiger charge is -2.21. The zero-order chi connectivity index (χ0) is 61.3. The number of aliphatic hydroxyl groups is 1. The van der Waals surface area contributed by atoms with Crippen LogP contribution >= 0.6 is 15.9 Å². The monoisotopic (exact) mass is 1230 g/mol. The van der Waals surface area contributed by atoms with Gasteiger partial charge in [-0.05, 0) is 154 Å². The molecular weight excluding hydrogens is 1180 g/mol. The van der Waals surface area contributed by atoms with E-state index in [1.165, 1.54) is 121 Å². The van der Waals surface area contributed by atoms with Crippen molar-refractivity contribution in [2.45, 2.75) is 24.4 Å². The molecule has 9 aromatic carbocycles. The molecule has 7 N–H and O–H groups in total. The number of nitrogens with two attached hydrogens (primary N) is 3. The molecule has 9 aromatic rings. The minimum absolute atomic E-state index is 0.0743. The minimum Gasteiger partial charge on any atom is -0.384 e. The van der Waals surface area contributed by atoms with Gasteiger partial charge >= 0.3 is 0 Å². The number of nitrogens with zero attached hydrogens (tertiary/aromatic N) is 1. The second-order valence-corrected chi connectivity index (χ2v) is 19.1. The first kappa shape index (κ1) is 65.9. The molecular formula is C66H59BrF8N4O6. The van der Waals surface area contributed by atoms with Gasteiger partial charge in [-0.1, -0.05) is 125 Å². The third-order valence-corrected chi connectivity index (χ3v) is 13.0. The van der Waals surface area contributed by atoms with Crippen LogP contribution in [0, 0.1) is 46.5 Å². The number of hydrazine groups is 1.